The first-order valence-corrected chi connectivity index (χ1v) is 7.07. The summed E-state index contributed by atoms with van der Waals surface area (Å²) in [5, 5.41) is 12.8. The highest BCUT2D eigenvalue weighted by molar-refractivity contribution is 5.94. The lowest BCUT2D eigenvalue weighted by molar-refractivity contribution is -0.139. The second-order valence-electron chi connectivity index (χ2n) is 5.10. The van der Waals surface area contributed by atoms with Gasteiger partial charge in [0.05, 0.1) is 11.9 Å². The van der Waals surface area contributed by atoms with E-state index in [2.05, 4.69) is 11.7 Å². The molecule has 1 aromatic carbocycles. The number of nitrogens with two attached hydrogens (primary N) is 1. The van der Waals surface area contributed by atoms with Crippen LogP contribution in [-0.2, 0) is 0 Å². The zero-order valence-corrected chi connectivity index (χ0v) is 13.0. The fourth-order valence-corrected chi connectivity index (χ4v) is 2.17. The summed E-state index contributed by atoms with van der Waals surface area (Å²) in [6.07, 6.45) is -1.98. The lowest BCUT2D eigenvalue weighted by Gasteiger charge is -2.22. The first-order valence-electron chi connectivity index (χ1n) is 7.07. The summed E-state index contributed by atoms with van der Waals surface area (Å²) >= 11 is 0. The molecule has 2 rings (SSSR count). The molecule has 1 heterocycles. The number of amides is 1. The zero-order valence-electron chi connectivity index (χ0n) is 13.0. The minimum Gasteiger partial charge on any atom is -0.382 e. The van der Waals surface area contributed by atoms with E-state index < -0.39 is 18.6 Å². The smallest absolute Gasteiger partial charge is 0.382 e. The third-order valence-electron chi connectivity index (χ3n) is 3.29. The zero-order chi connectivity index (χ0) is 18.6. The number of carbonyl (C=O) groups excluding carboxylic acids is 1. The molecule has 1 aromatic heterocycles. The fraction of sp³-hybridized carbons (Fsp3) is 0.188. The molecule has 0 bridgehead atoms. The van der Waals surface area contributed by atoms with Gasteiger partial charge in [0.25, 0.3) is 5.91 Å². The summed E-state index contributed by atoms with van der Waals surface area (Å²) in [6, 6.07) is 7.59. The summed E-state index contributed by atoms with van der Waals surface area (Å²) in [7, 11) is 0. The van der Waals surface area contributed by atoms with E-state index in [1.165, 1.54) is 41.2 Å². The van der Waals surface area contributed by atoms with Gasteiger partial charge in [-0.05, 0) is 24.3 Å². The van der Waals surface area contributed by atoms with E-state index in [0.717, 1.165) is 0 Å². The van der Waals surface area contributed by atoms with Crippen molar-refractivity contribution in [2.24, 2.45) is 0 Å². The number of benzene rings is 1. The normalized spacial score (nSPS) is 11.0. The van der Waals surface area contributed by atoms with Gasteiger partial charge in [-0.25, -0.2) is 4.68 Å². The molecule has 25 heavy (non-hydrogen) atoms. The van der Waals surface area contributed by atoms with Crippen molar-refractivity contribution in [1.29, 1.82) is 5.26 Å². The number of nitrogens with zero attached hydrogens (tertiary/aromatic N) is 4. The van der Waals surface area contributed by atoms with Crippen molar-refractivity contribution >= 4 is 11.7 Å². The van der Waals surface area contributed by atoms with Crippen LogP contribution in [0.3, 0.4) is 0 Å². The van der Waals surface area contributed by atoms with Gasteiger partial charge < -0.3 is 10.6 Å². The Balaban J connectivity index is 2.25. The highest BCUT2D eigenvalue weighted by Crippen LogP contribution is 2.20. The second kappa shape index (κ2) is 7.09. The molecule has 6 nitrogen and oxygen atoms in total. The largest absolute Gasteiger partial charge is 0.406 e. The van der Waals surface area contributed by atoms with Gasteiger partial charge in [-0.1, -0.05) is 6.08 Å². The quantitative estimate of drug-likeness (QED) is 0.840. The maximum absolute atomic E-state index is 12.6. The topological polar surface area (TPSA) is 87.9 Å². The van der Waals surface area contributed by atoms with E-state index in [4.69, 9.17) is 11.0 Å². The van der Waals surface area contributed by atoms with Gasteiger partial charge in [0, 0.05) is 12.1 Å². The number of alkyl halides is 3. The molecule has 1 amide bonds. The maximum Gasteiger partial charge on any atom is 0.406 e. The van der Waals surface area contributed by atoms with Crippen molar-refractivity contribution in [3.05, 3.63) is 54.2 Å². The molecule has 0 aliphatic carbocycles. The van der Waals surface area contributed by atoms with Crippen molar-refractivity contribution in [3.63, 3.8) is 0 Å². The number of hydrogen-bond acceptors (Lipinski definition) is 4. The highest BCUT2D eigenvalue weighted by Gasteiger charge is 2.32. The Hall–Kier alpha value is -3.28. The van der Waals surface area contributed by atoms with Crippen LogP contribution in [0.5, 0.6) is 0 Å². The van der Waals surface area contributed by atoms with Crippen molar-refractivity contribution < 1.29 is 18.0 Å². The van der Waals surface area contributed by atoms with Crippen LogP contribution in [0.4, 0.5) is 19.0 Å². The van der Waals surface area contributed by atoms with Crippen LogP contribution in [-0.4, -0.2) is 39.9 Å². The van der Waals surface area contributed by atoms with E-state index in [9.17, 15) is 18.0 Å². The van der Waals surface area contributed by atoms with Gasteiger partial charge in [0.15, 0.2) is 0 Å². The lowest BCUT2D eigenvalue weighted by atomic mass is 10.1. The Morgan fingerprint density at radius 1 is 1.40 bits per heavy atom. The van der Waals surface area contributed by atoms with E-state index >= 15 is 0 Å². The number of nitriles is 1. The molecule has 0 aliphatic heterocycles. The van der Waals surface area contributed by atoms with Crippen LogP contribution >= 0.6 is 0 Å². The molecule has 0 radical (unpaired) electrons. The highest BCUT2D eigenvalue weighted by atomic mass is 19.4. The SMILES string of the molecule is C=CCN(CC(F)(F)F)C(=O)c1ccc(-n2ncc(C#N)c2N)cc1. The monoisotopic (exact) mass is 349 g/mol. The molecule has 130 valence electrons. The summed E-state index contributed by atoms with van der Waals surface area (Å²) < 4.78 is 39.1. The van der Waals surface area contributed by atoms with Gasteiger partial charge >= 0.3 is 6.18 Å². The maximum atomic E-state index is 12.6. The molecule has 0 aliphatic rings. The summed E-state index contributed by atoms with van der Waals surface area (Å²) in [4.78, 5) is 12.9. The molecule has 0 saturated heterocycles. The average Bonchev–Trinajstić information content (AvgIpc) is 2.93. The number of aromatic nitrogens is 2. The van der Waals surface area contributed by atoms with E-state index in [1.807, 2.05) is 6.07 Å². The Labute approximate surface area is 141 Å². The number of carbonyl (C=O) groups is 1. The molecule has 2 aromatic rings. The summed E-state index contributed by atoms with van der Waals surface area (Å²) in [5.74, 6) is -0.637. The number of nitrogen functional groups attached to an aromatic ring is 1. The van der Waals surface area contributed by atoms with Crippen molar-refractivity contribution in [3.8, 4) is 11.8 Å². The Bertz CT molecular complexity index is 818. The number of halogens is 3. The third-order valence-corrected chi connectivity index (χ3v) is 3.29. The Morgan fingerprint density at radius 2 is 2.04 bits per heavy atom. The number of anilines is 1. The molecule has 0 unspecified atom stereocenters. The van der Waals surface area contributed by atoms with E-state index in [1.54, 1.807) is 0 Å². The summed E-state index contributed by atoms with van der Waals surface area (Å²) in [6.45, 7) is 1.78. The van der Waals surface area contributed by atoms with Crippen LogP contribution < -0.4 is 5.73 Å². The van der Waals surface area contributed by atoms with Gasteiger partial charge in [-0.15, -0.1) is 6.58 Å². The third kappa shape index (κ3) is 4.17. The minimum atomic E-state index is -4.50. The lowest BCUT2D eigenvalue weighted by Crippen LogP contribution is -2.39. The van der Waals surface area contributed by atoms with Crippen molar-refractivity contribution in [1.82, 2.24) is 14.7 Å². The van der Waals surface area contributed by atoms with Gasteiger partial charge in [-0.2, -0.15) is 23.5 Å². The van der Waals surface area contributed by atoms with Crippen LogP contribution in [0.2, 0.25) is 0 Å². The first-order chi connectivity index (χ1) is 11.8. The molecule has 0 fully saturated rings. The van der Waals surface area contributed by atoms with E-state index in [-0.39, 0.29) is 23.5 Å². The molecule has 0 spiro atoms. The van der Waals surface area contributed by atoms with Crippen molar-refractivity contribution in [2.45, 2.75) is 6.18 Å². The van der Waals surface area contributed by atoms with Gasteiger partial charge in [0.1, 0.15) is 24.0 Å². The van der Waals surface area contributed by atoms with Crippen LogP contribution in [0, 0.1) is 11.3 Å². The van der Waals surface area contributed by atoms with Crippen LogP contribution in [0.1, 0.15) is 15.9 Å². The fourth-order valence-electron chi connectivity index (χ4n) is 2.17. The summed E-state index contributed by atoms with van der Waals surface area (Å²) in [5.41, 5.74) is 6.52. The Morgan fingerprint density at radius 3 is 2.52 bits per heavy atom. The molecule has 9 heteroatoms. The average molecular weight is 349 g/mol. The predicted octanol–water partition coefficient (Wildman–Crippen LogP) is 2.52. The predicted molar refractivity (Wildman–Crippen MR) is 84.8 cm³/mol. The number of rotatable bonds is 5. The molecule has 0 saturated carbocycles. The molecule has 2 N–H and O–H groups in total. The van der Waals surface area contributed by atoms with Crippen molar-refractivity contribution in [2.75, 3.05) is 18.8 Å². The Kier molecular flexibility index (Phi) is 5.12. The van der Waals surface area contributed by atoms with E-state index in [0.29, 0.717) is 10.6 Å². The second-order valence-corrected chi connectivity index (χ2v) is 5.10. The number of hydrogen-bond donors (Lipinski definition) is 1. The molecular formula is C16H14F3N5O. The molecule has 0 atom stereocenters. The van der Waals surface area contributed by atoms with Gasteiger partial charge in [-0.3, -0.25) is 4.79 Å². The minimum absolute atomic E-state index is 0.0843. The first kappa shape index (κ1) is 18.1. The van der Waals surface area contributed by atoms with Crippen LogP contribution in [0.25, 0.3) is 5.69 Å². The standard InChI is InChI=1S/C16H14F3N5O/c1-2-7-23(10-16(17,18)19)15(25)11-3-5-13(6-4-11)24-14(21)12(8-20)9-22-24/h2-6,9H,1,7,10,21H2. The van der Waals surface area contributed by atoms with Crippen LogP contribution in [0.15, 0.2) is 43.1 Å². The van der Waals surface area contributed by atoms with Gasteiger partial charge in [0.2, 0.25) is 0 Å². The molecular weight excluding hydrogens is 335 g/mol.